The lowest BCUT2D eigenvalue weighted by atomic mass is 10.1. The van der Waals surface area contributed by atoms with Crippen LogP contribution < -0.4 is 0 Å². The van der Waals surface area contributed by atoms with Crippen LogP contribution in [0.5, 0.6) is 0 Å². The number of nitrogens with zero attached hydrogens (tertiary/aromatic N) is 3. The Bertz CT molecular complexity index is 636. The van der Waals surface area contributed by atoms with Gasteiger partial charge in [0.25, 0.3) is 5.69 Å². The molecule has 0 unspecified atom stereocenters. The topological polar surface area (TPSA) is 78.0 Å². The average Bonchev–Trinajstić information content (AvgIpc) is 2.70. The van der Waals surface area contributed by atoms with E-state index >= 15 is 0 Å². The number of aryl methyl sites for hydroxylation is 1. The number of rotatable bonds is 3. The molecule has 0 bridgehead atoms. The zero-order valence-electron chi connectivity index (χ0n) is 9.33. The van der Waals surface area contributed by atoms with Gasteiger partial charge >= 0.3 is 0 Å². The highest BCUT2D eigenvalue weighted by molar-refractivity contribution is 5.87. The van der Waals surface area contributed by atoms with Crippen molar-refractivity contribution >= 4 is 12.0 Å². The molecule has 0 aliphatic rings. The second-order valence-electron chi connectivity index (χ2n) is 3.64. The Hall–Kier alpha value is -2.57. The quantitative estimate of drug-likeness (QED) is 0.473. The van der Waals surface area contributed by atoms with E-state index in [1.165, 1.54) is 16.9 Å². The molecule has 18 heavy (non-hydrogen) atoms. The lowest BCUT2D eigenvalue weighted by molar-refractivity contribution is -0.384. The van der Waals surface area contributed by atoms with Crippen LogP contribution in [0.15, 0.2) is 24.4 Å². The number of aldehydes is 1. The van der Waals surface area contributed by atoms with Crippen LogP contribution >= 0.6 is 0 Å². The number of hydrogen-bond donors (Lipinski definition) is 0. The van der Waals surface area contributed by atoms with E-state index in [-0.39, 0.29) is 16.8 Å². The summed E-state index contributed by atoms with van der Waals surface area (Å²) < 4.78 is 14.4. The third kappa shape index (κ3) is 1.97. The molecule has 2 aromatic rings. The molecule has 92 valence electrons. The van der Waals surface area contributed by atoms with Gasteiger partial charge in [0.2, 0.25) is 0 Å². The lowest BCUT2D eigenvalue weighted by Crippen LogP contribution is -1.95. The largest absolute Gasteiger partial charge is 0.298 e. The number of hydrogen-bond acceptors (Lipinski definition) is 4. The van der Waals surface area contributed by atoms with Crippen molar-refractivity contribution in [2.45, 2.75) is 0 Å². The number of carbonyl (C=O) groups is 1. The molecule has 0 aliphatic carbocycles. The van der Waals surface area contributed by atoms with E-state index in [9.17, 15) is 19.3 Å². The summed E-state index contributed by atoms with van der Waals surface area (Å²) in [6, 6.07) is 3.13. The summed E-state index contributed by atoms with van der Waals surface area (Å²) in [5, 5.41) is 14.9. The van der Waals surface area contributed by atoms with Crippen LogP contribution in [-0.4, -0.2) is 21.0 Å². The normalized spacial score (nSPS) is 10.3. The molecule has 0 saturated heterocycles. The van der Waals surface area contributed by atoms with Gasteiger partial charge in [-0.15, -0.1) is 0 Å². The maximum absolute atomic E-state index is 13.0. The minimum atomic E-state index is -0.714. The van der Waals surface area contributed by atoms with Gasteiger partial charge in [-0.2, -0.15) is 5.10 Å². The standard InChI is InChI=1S/C11H8FN3O3/c1-14-5-7(6-16)11(13-14)9-3-2-8(12)4-10(9)15(17)18/h2-6H,1H3. The fourth-order valence-electron chi connectivity index (χ4n) is 1.66. The Balaban J connectivity index is 2.70. The van der Waals surface area contributed by atoms with Gasteiger partial charge in [0, 0.05) is 13.2 Å². The summed E-state index contributed by atoms with van der Waals surface area (Å²) in [7, 11) is 1.59. The van der Waals surface area contributed by atoms with E-state index in [0.29, 0.717) is 6.29 Å². The number of nitro groups is 1. The maximum Gasteiger partial charge on any atom is 0.281 e. The zero-order valence-corrected chi connectivity index (χ0v) is 9.33. The smallest absolute Gasteiger partial charge is 0.281 e. The molecule has 0 saturated carbocycles. The molecule has 2 rings (SSSR count). The van der Waals surface area contributed by atoms with E-state index in [0.717, 1.165) is 12.1 Å². The SMILES string of the molecule is Cn1cc(C=O)c(-c2ccc(F)cc2[N+](=O)[O-])n1. The minimum absolute atomic E-state index is 0.115. The first-order valence-corrected chi connectivity index (χ1v) is 4.96. The van der Waals surface area contributed by atoms with Crippen molar-refractivity contribution in [3.63, 3.8) is 0 Å². The molecule has 0 radical (unpaired) electrons. The number of aromatic nitrogens is 2. The summed E-state index contributed by atoms with van der Waals surface area (Å²) in [4.78, 5) is 21.0. The van der Waals surface area contributed by atoms with E-state index < -0.39 is 16.4 Å². The molecule has 0 aliphatic heterocycles. The number of carbonyl (C=O) groups excluding carboxylic acids is 1. The molecule has 7 heteroatoms. The number of benzene rings is 1. The average molecular weight is 249 g/mol. The second-order valence-corrected chi connectivity index (χ2v) is 3.64. The third-order valence-electron chi connectivity index (χ3n) is 2.40. The molecule has 0 spiro atoms. The Morgan fingerprint density at radius 2 is 2.22 bits per heavy atom. The third-order valence-corrected chi connectivity index (χ3v) is 2.40. The Morgan fingerprint density at radius 1 is 1.50 bits per heavy atom. The van der Waals surface area contributed by atoms with Gasteiger partial charge in [-0.05, 0) is 12.1 Å². The molecule has 1 aromatic carbocycles. The van der Waals surface area contributed by atoms with Crippen molar-refractivity contribution in [2.24, 2.45) is 7.05 Å². The van der Waals surface area contributed by atoms with Crippen LogP contribution in [0.2, 0.25) is 0 Å². The van der Waals surface area contributed by atoms with Crippen LogP contribution in [0.1, 0.15) is 10.4 Å². The van der Waals surface area contributed by atoms with Crippen molar-refractivity contribution in [3.05, 3.63) is 45.9 Å². The second kappa shape index (κ2) is 4.36. The Kier molecular flexibility index (Phi) is 2.88. The predicted octanol–water partition coefficient (Wildman–Crippen LogP) is 1.95. The molecule has 6 nitrogen and oxygen atoms in total. The first-order valence-electron chi connectivity index (χ1n) is 4.96. The highest BCUT2D eigenvalue weighted by atomic mass is 19.1. The summed E-state index contributed by atoms with van der Waals surface area (Å²) in [6.45, 7) is 0. The molecule has 0 atom stereocenters. The molecule has 1 heterocycles. The lowest BCUT2D eigenvalue weighted by Gasteiger charge is -2.00. The van der Waals surface area contributed by atoms with Crippen molar-refractivity contribution < 1.29 is 14.1 Å². The summed E-state index contributed by atoms with van der Waals surface area (Å²) in [6.07, 6.45) is 1.99. The molecule has 0 amide bonds. The number of nitro benzene ring substituents is 1. The predicted molar refractivity (Wildman–Crippen MR) is 60.6 cm³/mol. The van der Waals surface area contributed by atoms with Crippen molar-refractivity contribution in [2.75, 3.05) is 0 Å². The van der Waals surface area contributed by atoms with E-state index in [1.54, 1.807) is 7.05 Å². The van der Waals surface area contributed by atoms with Crippen LogP contribution in [0.25, 0.3) is 11.3 Å². The first-order chi connectivity index (χ1) is 8.52. The number of halogens is 1. The highest BCUT2D eigenvalue weighted by Gasteiger charge is 2.21. The minimum Gasteiger partial charge on any atom is -0.298 e. The monoisotopic (exact) mass is 249 g/mol. The van der Waals surface area contributed by atoms with Crippen molar-refractivity contribution in [1.29, 1.82) is 0 Å². The van der Waals surface area contributed by atoms with Gasteiger partial charge in [-0.3, -0.25) is 19.6 Å². The summed E-state index contributed by atoms with van der Waals surface area (Å²) in [5.74, 6) is -0.714. The van der Waals surface area contributed by atoms with Gasteiger partial charge in [-0.25, -0.2) is 4.39 Å². The van der Waals surface area contributed by atoms with Crippen molar-refractivity contribution in [1.82, 2.24) is 9.78 Å². The van der Waals surface area contributed by atoms with Crippen LogP contribution in [0, 0.1) is 15.9 Å². The summed E-state index contributed by atoms with van der Waals surface area (Å²) in [5.41, 5.74) is 0.0762. The summed E-state index contributed by atoms with van der Waals surface area (Å²) >= 11 is 0. The van der Waals surface area contributed by atoms with E-state index in [2.05, 4.69) is 5.10 Å². The van der Waals surface area contributed by atoms with Crippen LogP contribution in [0.3, 0.4) is 0 Å². The molecule has 0 fully saturated rings. The van der Waals surface area contributed by atoms with Gasteiger partial charge < -0.3 is 0 Å². The van der Waals surface area contributed by atoms with Crippen molar-refractivity contribution in [3.8, 4) is 11.3 Å². The van der Waals surface area contributed by atoms with Crippen LogP contribution in [0.4, 0.5) is 10.1 Å². The molecular weight excluding hydrogens is 241 g/mol. The van der Waals surface area contributed by atoms with Gasteiger partial charge in [0.05, 0.1) is 22.1 Å². The molecule has 0 N–H and O–H groups in total. The Morgan fingerprint density at radius 3 is 2.83 bits per heavy atom. The Labute approximate surface area is 101 Å². The zero-order chi connectivity index (χ0) is 13.3. The van der Waals surface area contributed by atoms with Crippen LogP contribution in [-0.2, 0) is 7.05 Å². The maximum atomic E-state index is 13.0. The molecular formula is C11H8FN3O3. The fourth-order valence-corrected chi connectivity index (χ4v) is 1.66. The molecule has 1 aromatic heterocycles. The van der Waals surface area contributed by atoms with Gasteiger partial charge in [0.1, 0.15) is 11.5 Å². The highest BCUT2D eigenvalue weighted by Crippen LogP contribution is 2.30. The van der Waals surface area contributed by atoms with Gasteiger partial charge in [-0.1, -0.05) is 0 Å². The van der Waals surface area contributed by atoms with E-state index in [1.807, 2.05) is 0 Å². The van der Waals surface area contributed by atoms with E-state index in [4.69, 9.17) is 0 Å². The fraction of sp³-hybridized carbons (Fsp3) is 0.0909. The first kappa shape index (κ1) is 11.9. The van der Waals surface area contributed by atoms with Gasteiger partial charge in [0.15, 0.2) is 6.29 Å².